The monoisotopic (exact) mass is 337 g/mol. The Morgan fingerprint density at radius 3 is 2.64 bits per heavy atom. The molecule has 1 N–H and O–H groups in total. The molecule has 0 aliphatic carbocycles. The van der Waals surface area contributed by atoms with Crippen molar-refractivity contribution in [3.05, 3.63) is 70.3 Å². The molecule has 2 aromatic carbocycles. The maximum Gasteiger partial charge on any atom is 0.258 e. The van der Waals surface area contributed by atoms with Crippen LogP contribution in [0.15, 0.2) is 53.3 Å². The summed E-state index contributed by atoms with van der Waals surface area (Å²) in [6.45, 7) is 4.31. The van der Waals surface area contributed by atoms with E-state index in [0.717, 1.165) is 30.2 Å². The van der Waals surface area contributed by atoms with Gasteiger partial charge in [-0.3, -0.25) is 4.79 Å². The van der Waals surface area contributed by atoms with E-state index in [1.165, 1.54) is 5.56 Å². The summed E-state index contributed by atoms with van der Waals surface area (Å²) in [5, 5.41) is 0.633. The van der Waals surface area contributed by atoms with Crippen molar-refractivity contribution in [3.63, 3.8) is 0 Å². The zero-order valence-corrected chi connectivity index (χ0v) is 14.7. The number of para-hydroxylation sites is 1. The molecule has 0 radical (unpaired) electrons. The molecule has 1 aromatic heterocycles. The predicted octanol–water partition coefficient (Wildman–Crippen LogP) is 3.00. The number of ether oxygens (including phenoxy) is 1. The van der Waals surface area contributed by atoms with Crippen molar-refractivity contribution in [1.82, 2.24) is 14.9 Å². The van der Waals surface area contributed by atoms with E-state index in [4.69, 9.17) is 4.74 Å². The van der Waals surface area contributed by atoms with Crippen molar-refractivity contribution in [2.75, 3.05) is 20.2 Å². The Morgan fingerprint density at radius 2 is 1.88 bits per heavy atom. The lowest BCUT2D eigenvalue weighted by Gasteiger charge is -2.16. The van der Waals surface area contributed by atoms with Gasteiger partial charge >= 0.3 is 0 Å². The van der Waals surface area contributed by atoms with Gasteiger partial charge in [0.1, 0.15) is 11.6 Å². The van der Waals surface area contributed by atoms with Crippen LogP contribution in [0.3, 0.4) is 0 Å². The number of hydrogen-bond acceptors (Lipinski definition) is 4. The third kappa shape index (κ3) is 4.45. The van der Waals surface area contributed by atoms with Gasteiger partial charge in [0.2, 0.25) is 0 Å². The average molecular weight is 337 g/mol. The third-order valence-corrected chi connectivity index (χ3v) is 4.08. The number of nitrogens with one attached hydrogen (secondary N) is 1. The van der Waals surface area contributed by atoms with Crippen molar-refractivity contribution < 1.29 is 4.74 Å². The van der Waals surface area contributed by atoms with Gasteiger partial charge in [-0.1, -0.05) is 24.3 Å². The zero-order valence-electron chi connectivity index (χ0n) is 14.7. The highest BCUT2D eigenvalue weighted by atomic mass is 16.5. The SMILES string of the molecule is CCOc1ccc(CN(C)CCc2nc3ccccc3c(=O)[nH]2)cc1. The van der Waals surface area contributed by atoms with Gasteiger partial charge in [-0.2, -0.15) is 0 Å². The van der Waals surface area contributed by atoms with E-state index in [1.807, 2.05) is 37.3 Å². The fourth-order valence-corrected chi connectivity index (χ4v) is 2.80. The molecule has 0 fully saturated rings. The molecule has 1 heterocycles. The summed E-state index contributed by atoms with van der Waals surface area (Å²) in [4.78, 5) is 21.7. The number of H-pyrrole nitrogens is 1. The zero-order chi connectivity index (χ0) is 17.6. The minimum absolute atomic E-state index is 0.0743. The number of nitrogens with zero attached hydrogens (tertiary/aromatic N) is 2. The number of fused-ring (bicyclic) bond motifs is 1. The molecule has 0 saturated heterocycles. The van der Waals surface area contributed by atoms with Crippen LogP contribution in [0.1, 0.15) is 18.3 Å². The maximum atomic E-state index is 12.1. The van der Waals surface area contributed by atoms with E-state index < -0.39 is 0 Å². The van der Waals surface area contributed by atoms with Crippen LogP contribution in [0.2, 0.25) is 0 Å². The van der Waals surface area contributed by atoms with Crippen molar-refractivity contribution >= 4 is 10.9 Å². The summed E-state index contributed by atoms with van der Waals surface area (Å²) in [5.41, 5.74) is 1.90. The van der Waals surface area contributed by atoms with E-state index in [-0.39, 0.29) is 5.56 Å². The van der Waals surface area contributed by atoms with Gasteiger partial charge in [-0.05, 0) is 43.8 Å². The average Bonchev–Trinajstić information content (AvgIpc) is 2.62. The lowest BCUT2D eigenvalue weighted by Crippen LogP contribution is -2.22. The molecule has 0 aliphatic heterocycles. The number of rotatable bonds is 7. The second kappa shape index (κ2) is 7.94. The van der Waals surface area contributed by atoms with Crippen LogP contribution >= 0.6 is 0 Å². The van der Waals surface area contributed by atoms with Gasteiger partial charge in [-0.25, -0.2) is 4.98 Å². The van der Waals surface area contributed by atoms with Gasteiger partial charge in [-0.15, -0.1) is 0 Å². The molecule has 0 bridgehead atoms. The Kier molecular flexibility index (Phi) is 5.46. The summed E-state index contributed by atoms with van der Waals surface area (Å²) in [7, 11) is 2.07. The highest BCUT2D eigenvalue weighted by molar-refractivity contribution is 5.77. The molecule has 5 nitrogen and oxygen atoms in total. The highest BCUT2D eigenvalue weighted by Gasteiger charge is 2.06. The standard InChI is InChI=1S/C20H23N3O2/c1-3-25-16-10-8-15(9-11-16)14-23(2)13-12-19-21-18-7-5-4-6-17(18)20(24)22-19/h4-11H,3,12-14H2,1-2H3,(H,21,22,24). The molecule has 0 amide bonds. The van der Waals surface area contributed by atoms with Gasteiger partial charge in [0.25, 0.3) is 5.56 Å². The first kappa shape index (κ1) is 17.2. The molecule has 5 heteroatoms. The van der Waals surface area contributed by atoms with E-state index in [1.54, 1.807) is 6.07 Å². The van der Waals surface area contributed by atoms with Gasteiger partial charge in [0, 0.05) is 19.5 Å². The van der Waals surface area contributed by atoms with Crippen molar-refractivity contribution in [3.8, 4) is 5.75 Å². The van der Waals surface area contributed by atoms with Crippen LogP contribution in [-0.4, -0.2) is 35.1 Å². The van der Waals surface area contributed by atoms with E-state index in [2.05, 4.69) is 34.0 Å². The van der Waals surface area contributed by atoms with Crippen LogP contribution in [0.25, 0.3) is 10.9 Å². The highest BCUT2D eigenvalue weighted by Crippen LogP contribution is 2.13. The minimum atomic E-state index is -0.0743. The molecule has 0 saturated carbocycles. The number of likely N-dealkylation sites (N-methyl/N-ethyl adjacent to an activating group) is 1. The second-order valence-corrected chi connectivity index (χ2v) is 6.09. The largest absolute Gasteiger partial charge is 0.494 e. The summed E-state index contributed by atoms with van der Waals surface area (Å²) in [6, 6.07) is 15.6. The number of benzene rings is 2. The molecule has 25 heavy (non-hydrogen) atoms. The maximum absolute atomic E-state index is 12.1. The van der Waals surface area contributed by atoms with Crippen molar-refractivity contribution in [2.24, 2.45) is 0 Å². The number of aromatic amines is 1. The summed E-state index contributed by atoms with van der Waals surface area (Å²) in [5.74, 6) is 1.62. The Balaban J connectivity index is 1.60. The Bertz CT molecular complexity index is 887. The first-order valence-corrected chi connectivity index (χ1v) is 8.54. The third-order valence-electron chi connectivity index (χ3n) is 4.08. The molecule has 0 spiro atoms. The summed E-state index contributed by atoms with van der Waals surface area (Å²) < 4.78 is 5.46. The quantitative estimate of drug-likeness (QED) is 0.720. The fraction of sp³-hybridized carbons (Fsp3) is 0.300. The van der Waals surface area contributed by atoms with Gasteiger partial charge in [0.15, 0.2) is 0 Å². The molecular weight excluding hydrogens is 314 g/mol. The lowest BCUT2D eigenvalue weighted by molar-refractivity contribution is 0.326. The number of aromatic nitrogens is 2. The predicted molar refractivity (Wildman–Crippen MR) is 100 cm³/mol. The molecular formula is C20H23N3O2. The van der Waals surface area contributed by atoms with Crippen molar-refractivity contribution in [2.45, 2.75) is 19.9 Å². The van der Waals surface area contributed by atoms with Crippen LogP contribution in [0.4, 0.5) is 0 Å². The first-order valence-electron chi connectivity index (χ1n) is 8.54. The Hall–Kier alpha value is -2.66. The number of hydrogen-bond donors (Lipinski definition) is 1. The van der Waals surface area contributed by atoms with Crippen molar-refractivity contribution in [1.29, 1.82) is 0 Å². The molecule has 3 aromatic rings. The summed E-state index contributed by atoms with van der Waals surface area (Å²) >= 11 is 0. The molecule has 130 valence electrons. The van der Waals surface area contributed by atoms with Gasteiger partial charge < -0.3 is 14.6 Å². The normalized spacial score (nSPS) is 11.2. The lowest BCUT2D eigenvalue weighted by atomic mass is 10.2. The van der Waals surface area contributed by atoms with Crippen LogP contribution < -0.4 is 10.3 Å². The van der Waals surface area contributed by atoms with Crippen LogP contribution in [0, 0.1) is 0 Å². The van der Waals surface area contributed by atoms with Crippen LogP contribution in [-0.2, 0) is 13.0 Å². The van der Waals surface area contributed by atoms with E-state index >= 15 is 0 Å². The van der Waals surface area contributed by atoms with Gasteiger partial charge in [0.05, 0.1) is 17.5 Å². The van der Waals surface area contributed by atoms with E-state index in [9.17, 15) is 4.79 Å². The second-order valence-electron chi connectivity index (χ2n) is 6.09. The van der Waals surface area contributed by atoms with E-state index in [0.29, 0.717) is 18.4 Å². The van der Waals surface area contributed by atoms with Crippen LogP contribution in [0.5, 0.6) is 5.75 Å². The Labute approximate surface area is 147 Å². The minimum Gasteiger partial charge on any atom is -0.494 e. The molecule has 0 atom stereocenters. The molecule has 0 unspecified atom stereocenters. The first-order chi connectivity index (χ1) is 12.2. The summed E-state index contributed by atoms with van der Waals surface area (Å²) in [6.07, 6.45) is 0.702. The molecule has 0 aliphatic rings. The Morgan fingerprint density at radius 1 is 1.12 bits per heavy atom. The topological polar surface area (TPSA) is 58.2 Å². The smallest absolute Gasteiger partial charge is 0.258 e. The molecule has 3 rings (SSSR count). The fourth-order valence-electron chi connectivity index (χ4n) is 2.80.